The molecule has 1 aromatic rings. The van der Waals surface area contributed by atoms with Crippen molar-refractivity contribution in [2.75, 3.05) is 27.3 Å². The summed E-state index contributed by atoms with van der Waals surface area (Å²) < 4.78 is 37.1. The molecule has 1 aromatic carbocycles. The molecule has 0 spiro atoms. The number of carbonyl (C=O) groups is 3. The summed E-state index contributed by atoms with van der Waals surface area (Å²) in [5, 5.41) is 0.937. The van der Waals surface area contributed by atoms with Gasteiger partial charge >= 0.3 is 5.97 Å². The number of sulfone groups is 1. The molecule has 0 radical (unpaired) electrons. The molecule has 2 aliphatic heterocycles. The van der Waals surface area contributed by atoms with Crippen LogP contribution >= 0.6 is 0 Å². The molecule has 11 heteroatoms. The van der Waals surface area contributed by atoms with Gasteiger partial charge in [-0.1, -0.05) is 30.9 Å². The molecule has 2 aliphatic rings. The standard InChI is InChI=1S/C22H25N3O7S/c1-5-11-31-22(28)19-14(2)16(12-24(3)4)33(29,30)21-18(20(27)25(19)21)23-17(26)13-32-15-9-7-6-8-10-15/h5-10,12,18,21H,1,11,13H2,2-4H3,(H,23,26)/t18-,21-/m1/s1. The molecule has 10 nitrogen and oxygen atoms in total. The quantitative estimate of drug-likeness (QED) is 0.329. The van der Waals surface area contributed by atoms with Gasteiger partial charge in [0.25, 0.3) is 11.8 Å². The Balaban J connectivity index is 1.89. The first-order chi connectivity index (χ1) is 15.6. The summed E-state index contributed by atoms with van der Waals surface area (Å²) in [6.45, 7) is 4.38. The molecule has 3 rings (SSSR count). The minimum absolute atomic E-state index is 0.0829. The van der Waals surface area contributed by atoms with Crippen LogP contribution in [0.1, 0.15) is 6.92 Å². The van der Waals surface area contributed by atoms with E-state index in [1.54, 1.807) is 44.4 Å². The summed E-state index contributed by atoms with van der Waals surface area (Å²) in [5.74, 6) is -1.82. The van der Waals surface area contributed by atoms with E-state index < -0.39 is 45.6 Å². The van der Waals surface area contributed by atoms with Crippen LogP contribution in [0.3, 0.4) is 0 Å². The molecule has 1 fully saturated rings. The molecule has 176 valence electrons. The highest BCUT2D eigenvalue weighted by Crippen LogP contribution is 2.42. The zero-order chi connectivity index (χ0) is 24.3. The minimum atomic E-state index is -4.11. The number of nitrogens with one attached hydrogen (secondary N) is 1. The molecular formula is C22H25N3O7S. The van der Waals surface area contributed by atoms with E-state index in [2.05, 4.69) is 11.9 Å². The Hall–Kier alpha value is -3.60. The van der Waals surface area contributed by atoms with Crippen LogP contribution in [-0.2, 0) is 29.0 Å². The number of fused-ring (bicyclic) bond motifs is 1. The number of ether oxygens (including phenoxy) is 2. The van der Waals surface area contributed by atoms with Gasteiger partial charge in [-0.15, -0.1) is 0 Å². The molecule has 33 heavy (non-hydrogen) atoms. The van der Waals surface area contributed by atoms with Gasteiger partial charge in [-0.2, -0.15) is 0 Å². The van der Waals surface area contributed by atoms with E-state index in [4.69, 9.17) is 9.47 Å². The van der Waals surface area contributed by atoms with Crippen molar-refractivity contribution in [2.45, 2.75) is 18.3 Å². The van der Waals surface area contributed by atoms with Gasteiger partial charge in [0.1, 0.15) is 24.1 Å². The summed E-state index contributed by atoms with van der Waals surface area (Å²) in [7, 11) is -0.850. The van der Waals surface area contributed by atoms with Crippen molar-refractivity contribution in [3.8, 4) is 5.75 Å². The second-order valence-electron chi connectivity index (χ2n) is 7.61. The fourth-order valence-electron chi connectivity index (χ4n) is 3.53. The highest BCUT2D eigenvalue weighted by Gasteiger charge is 2.62. The molecule has 0 bridgehead atoms. The number of benzene rings is 1. The highest BCUT2D eigenvalue weighted by molar-refractivity contribution is 7.96. The van der Waals surface area contributed by atoms with Crippen LogP contribution in [0.2, 0.25) is 0 Å². The molecule has 0 saturated carbocycles. The summed E-state index contributed by atoms with van der Waals surface area (Å²) in [4.78, 5) is 40.2. The van der Waals surface area contributed by atoms with Crippen molar-refractivity contribution in [2.24, 2.45) is 0 Å². The second kappa shape index (κ2) is 9.49. The molecule has 2 heterocycles. The van der Waals surface area contributed by atoms with Crippen molar-refractivity contribution in [1.82, 2.24) is 15.1 Å². The van der Waals surface area contributed by atoms with Crippen molar-refractivity contribution in [3.63, 3.8) is 0 Å². The number of nitrogens with zero attached hydrogens (tertiary/aromatic N) is 2. The van der Waals surface area contributed by atoms with Crippen LogP contribution in [0.25, 0.3) is 0 Å². The average molecular weight is 476 g/mol. The lowest BCUT2D eigenvalue weighted by molar-refractivity contribution is -0.152. The lowest BCUT2D eigenvalue weighted by atomic mass is 10.0. The molecule has 0 aliphatic carbocycles. The zero-order valence-corrected chi connectivity index (χ0v) is 19.3. The summed E-state index contributed by atoms with van der Waals surface area (Å²) >= 11 is 0. The number of amides is 2. The van der Waals surface area contributed by atoms with Crippen LogP contribution in [0, 0.1) is 0 Å². The van der Waals surface area contributed by atoms with Crippen LogP contribution in [0.4, 0.5) is 0 Å². The number of carbonyl (C=O) groups excluding carboxylic acids is 3. The number of hydrogen-bond donors (Lipinski definition) is 1. The summed E-state index contributed by atoms with van der Waals surface area (Å²) in [5.41, 5.74) is -0.0969. The van der Waals surface area contributed by atoms with Gasteiger partial charge in [-0.05, 0) is 19.1 Å². The first-order valence-electron chi connectivity index (χ1n) is 10.0. The predicted octanol–water partition coefficient (Wildman–Crippen LogP) is 0.553. The van der Waals surface area contributed by atoms with Crippen molar-refractivity contribution in [3.05, 3.63) is 65.4 Å². The Morgan fingerprint density at radius 2 is 1.91 bits per heavy atom. The van der Waals surface area contributed by atoms with Gasteiger partial charge in [0.15, 0.2) is 12.0 Å². The fourth-order valence-corrected chi connectivity index (χ4v) is 5.70. The Kier molecular flexibility index (Phi) is 6.92. The van der Waals surface area contributed by atoms with Crippen LogP contribution < -0.4 is 10.1 Å². The van der Waals surface area contributed by atoms with Crippen LogP contribution in [0.15, 0.2) is 65.4 Å². The third-order valence-electron chi connectivity index (χ3n) is 4.96. The Morgan fingerprint density at radius 1 is 1.24 bits per heavy atom. The van der Waals surface area contributed by atoms with E-state index in [-0.39, 0.29) is 22.8 Å². The van der Waals surface area contributed by atoms with E-state index in [1.807, 2.05) is 0 Å². The maximum absolute atomic E-state index is 13.3. The van der Waals surface area contributed by atoms with Crippen LogP contribution in [0.5, 0.6) is 5.75 Å². The number of β-lactam (4-membered cyclic amide) rings is 1. The smallest absolute Gasteiger partial charge is 0.355 e. The topological polar surface area (TPSA) is 122 Å². The Bertz CT molecular complexity index is 1140. The molecule has 0 aromatic heterocycles. The highest BCUT2D eigenvalue weighted by atomic mass is 32.2. The maximum Gasteiger partial charge on any atom is 0.355 e. The van der Waals surface area contributed by atoms with Crippen molar-refractivity contribution in [1.29, 1.82) is 0 Å². The van der Waals surface area contributed by atoms with E-state index in [1.165, 1.54) is 24.1 Å². The van der Waals surface area contributed by atoms with E-state index in [0.717, 1.165) is 4.90 Å². The first-order valence-corrected chi connectivity index (χ1v) is 11.6. The maximum atomic E-state index is 13.3. The average Bonchev–Trinajstić information content (AvgIpc) is 2.77. The number of hydrogen-bond acceptors (Lipinski definition) is 8. The van der Waals surface area contributed by atoms with Gasteiger partial charge < -0.3 is 19.7 Å². The number of para-hydroxylation sites is 1. The molecular weight excluding hydrogens is 450 g/mol. The summed E-state index contributed by atoms with van der Waals surface area (Å²) in [6.07, 6.45) is 2.71. The summed E-state index contributed by atoms with van der Waals surface area (Å²) in [6, 6.07) is 7.19. The predicted molar refractivity (Wildman–Crippen MR) is 119 cm³/mol. The SMILES string of the molecule is C=CCOC(=O)C1=C(C)C(=CN(C)C)S(=O)(=O)[C@@H]2[C@H](NC(=O)COc3ccccc3)C(=O)N12. The molecule has 2 atom stereocenters. The molecule has 0 unspecified atom stereocenters. The van der Waals surface area contributed by atoms with Gasteiger partial charge in [-0.3, -0.25) is 14.5 Å². The van der Waals surface area contributed by atoms with E-state index >= 15 is 0 Å². The monoisotopic (exact) mass is 475 g/mol. The third-order valence-corrected chi connectivity index (χ3v) is 7.11. The minimum Gasteiger partial charge on any atom is -0.484 e. The largest absolute Gasteiger partial charge is 0.484 e. The Morgan fingerprint density at radius 3 is 2.52 bits per heavy atom. The molecule has 1 saturated heterocycles. The first kappa shape index (κ1) is 24.1. The van der Waals surface area contributed by atoms with Gasteiger partial charge in [-0.25, -0.2) is 13.2 Å². The lowest BCUT2D eigenvalue weighted by Gasteiger charge is -2.49. The number of allylic oxidation sites excluding steroid dienone is 1. The van der Waals surface area contributed by atoms with E-state index in [9.17, 15) is 22.8 Å². The third kappa shape index (κ3) is 4.63. The number of esters is 1. The fraction of sp³-hybridized carbons (Fsp3) is 0.318. The normalized spacial score (nSPS) is 22.2. The van der Waals surface area contributed by atoms with Crippen molar-refractivity contribution < 1.29 is 32.3 Å². The lowest BCUT2D eigenvalue weighted by Crippen LogP contribution is -2.74. The Labute approximate surface area is 192 Å². The van der Waals surface area contributed by atoms with Crippen molar-refractivity contribution >= 4 is 27.6 Å². The van der Waals surface area contributed by atoms with Gasteiger partial charge in [0.2, 0.25) is 9.84 Å². The molecule has 1 N–H and O–H groups in total. The van der Waals surface area contributed by atoms with Gasteiger partial charge in [0.05, 0.1) is 4.91 Å². The van der Waals surface area contributed by atoms with Gasteiger partial charge in [0, 0.05) is 25.9 Å². The second-order valence-corrected chi connectivity index (χ2v) is 9.62. The molecule has 2 amide bonds. The number of rotatable bonds is 8. The van der Waals surface area contributed by atoms with Crippen LogP contribution in [-0.4, -0.2) is 74.7 Å². The van der Waals surface area contributed by atoms with E-state index in [0.29, 0.717) is 5.75 Å². The zero-order valence-electron chi connectivity index (χ0n) is 18.5.